The Labute approximate surface area is 123 Å². The summed E-state index contributed by atoms with van der Waals surface area (Å²) >= 11 is 0. The van der Waals surface area contributed by atoms with Crippen molar-refractivity contribution in [2.75, 3.05) is 31.9 Å². The van der Waals surface area contributed by atoms with Crippen molar-refractivity contribution in [3.05, 3.63) is 0 Å². The third-order valence-electron chi connectivity index (χ3n) is 4.27. The van der Waals surface area contributed by atoms with Crippen molar-refractivity contribution in [3.63, 3.8) is 0 Å². The van der Waals surface area contributed by atoms with Crippen LogP contribution in [-0.2, 0) is 10.0 Å². The van der Waals surface area contributed by atoms with Gasteiger partial charge in [0.2, 0.25) is 10.0 Å². The summed E-state index contributed by atoms with van der Waals surface area (Å²) in [5, 5.41) is 3.23. The number of hydrogen-bond acceptors (Lipinski definition) is 4. The minimum Gasteiger partial charge on any atom is -0.313 e. The van der Waals surface area contributed by atoms with Gasteiger partial charge in [-0.15, -0.1) is 0 Å². The van der Waals surface area contributed by atoms with Gasteiger partial charge in [-0.2, -0.15) is 0 Å². The lowest BCUT2D eigenvalue weighted by molar-refractivity contribution is 0.159. The molecule has 1 aliphatic carbocycles. The molecule has 5 nitrogen and oxygen atoms in total. The molecule has 20 heavy (non-hydrogen) atoms. The second-order valence-electron chi connectivity index (χ2n) is 6.18. The zero-order valence-corrected chi connectivity index (χ0v) is 13.4. The molecule has 118 valence electrons. The molecule has 0 bridgehead atoms. The standard InChI is InChI=1S/C14H29N3O2S/c1-13-5-2-3-10-17(13)11-4-8-16-20(18,19)12-9-15-14-6-7-14/h13-16H,2-12H2,1H3. The highest BCUT2D eigenvalue weighted by atomic mass is 32.2. The van der Waals surface area contributed by atoms with Crippen LogP contribution in [0.4, 0.5) is 0 Å². The Morgan fingerprint density at radius 3 is 2.65 bits per heavy atom. The first-order valence-electron chi connectivity index (χ1n) is 8.01. The van der Waals surface area contributed by atoms with E-state index >= 15 is 0 Å². The van der Waals surface area contributed by atoms with Gasteiger partial charge in [0.25, 0.3) is 0 Å². The first-order valence-corrected chi connectivity index (χ1v) is 9.67. The third kappa shape index (κ3) is 6.08. The molecule has 1 unspecified atom stereocenters. The molecule has 2 rings (SSSR count). The van der Waals surface area contributed by atoms with Crippen LogP contribution in [0.5, 0.6) is 0 Å². The van der Waals surface area contributed by atoms with Crippen molar-refractivity contribution in [1.29, 1.82) is 0 Å². The van der Waals surface area contributed by atoms with Crippen LogP contribution in [0.2, 0.25) is 0 Å². The van der Waals surface area contributed by atoms with Crippen molar-refractivity contribution < 1.29 is 8.42 Å². The first-order chi connectivity index (χ1) is 9.57. The molecular formula is C14H29N3O2S. The monoisotopic (exact) mass is 303 g/mol. The van der Waals surface area contributed by atoms with E-state index in [0.29, 0.717) is 25.2 Å². The molecule has 2 N–H and O–H groups in total. The Morgan fingerprint density at radius 1 is 1.15 bits per heavy atom. The first kappa shape index (κ1) is 16.2. The maximum absolute atomic E-state index is 11.8. The lowest BCUT2D eigenvalue weighted by Crippen LogP contribution is -2.39. The fourth-order valence-corrected chi connectivity index (χ4v) is 3.74. The molecule has 1 heterocycles. The van der Waals surface area contributed by atoms with Gasteiger partial charge in [0.15, 0.2) is 0 Å². The summed E-state index contributed by atoms with van der Waals surface area (Å²) in [6, 6.07) is 1.23. The van der Waals surface area contributed by atoms with Crippen LogP contribution in [0.15, 0.2) is 0 Å². The van der Waals surface area contributed by atoms with Gasteiger partial charge in [-0.3, -0.25) is 0 Å². The summed E-state index contributed by atoms with van der Waals surface area (Å²) in [5.41, 5.74) is 0. The average Bonchev–Trinajstić information content (AvgIpc) is 3.20. The van der Waals surface area contributed by atoms with E-state index in [1.54, 1.807) is 0 Å². The van der Waals surface area contributed by atoms with Gasteiger partial charge in [0.1, 0.15) is 0 Å². The summed E-state index contributed by atoms with van der Waals surface area (Å²) in [6.45, 7) is 5.58. The summed E-state index contributed by atoms with van der Waals surface area (Å²) in [6.07, 6.45) is 7.18. The average molecular weight is 303 g/mol. The summed E-state index contributed by atoms with van der Waals surface area (Å²) in [4.78, 5) is 2.48. The topological polar surface area (TPSA) is 61.4 Å². The number of rotatable bonds is 9. The van der Waals surface area contributed by atoms with Gasteiger partial charge in [0.05, 0.1) is 5.75 Å². The largest absolute Gasteiger partial charge is 0.313 e. The third-order valence-corrected chi connectivity index (χ3v) is 5.65. The zero-order valence-electron chi connectivity index (χ0n) is 12.6. The highest BCUT2D eigenvalue weighted by Crippen LogP contribution is 2.18. The highest BCUT2D eigenvalue weighted by molar-refractivity contribution is 7.89. The fraction of sp³-hybridized carbons (Fsp3) is 1.00. The van der Waals surface area contributed by atoms with Crippen LogP contribution in [0.3, 0.4) is 0 Å². The summed E-state index contributed by atoms with van der Waals surface area (Å²) < 4.78 is 26.3. The molecular weight excluding hydrogens is 274 g/mol. The van der Waals surface area contributed by atoms with Crippen molar-refractivity contribution in [2.24, 2.45) is 0 Å². The Morgan fingerprint density at radius 2 is 1.95 bits per heavy atom. The van der Waals surface area contributed by atoms with E-state index in [1.165, 1.54) is 38.6 Å². The van der Waals surface area contributed by atoms with Gasteiger partial charge in [-0.05, 0) is 52.1 Å². The Bertz CT molecular complexity index is 382. The minimum atomic E-state index is -3.10. The number of hydrogen-bond donors (Lipinski definition) is 2. The molecule has 0 aromatic heterocycles. The zero-order chi connectivity index (χ0) is 14.4. The van der Waals surface area contributed by atoms with Crippen molar-refractivity contribution in [3.8, 4) is 0 Å². The van der Waals surface area contributed by atoms with Gasteiger partial charge < -0.3 is 10.2 Å². The van der Waals surface area contributed by atoms with Crippen LogP contribution in [0.1, 0.15) is 45.4 Å². The molecule has 0 aromatic rings. The summed E-state index contributed by atoms with van der Waals surface area (Å²) in [7, 11) is -3.10. The SMILES string of the molecule is CC1CCCCN1CCCNS(=O)(=O)CCNC1CC1. The molecule has 0 spiro atoms. The second kappa shape index (κ2) is 7.73. The predicted octanol–water partition coefficient (Wildman–Crippen LogP) is 0.922. The van der Waals surface area contributed by atoms with Gasteiger partial charge in [-0.1, -0.05) is 6.42 Å². The molecule has 0 amide bonds. The fourth-order valence-electron chi connectivity index (χ4n) is 2.76. The van der Waals surface area contributed by atoms with Crippen molar-refractivity contribution in [2.45, 2.75) is 57.5 Å². The van der Waals surface area contributed by atoms with E-state index in [1.807, 2.05) is 0 Å². The lowest BCUT2D eigenvalue weighted by Gasteiger charge is -2.33. The Kier molecular flexibility index (Phi) is 6.26. The van der Waals surface area contributed by atoms with E-state index in [9.17, 15) is 8.42 Å². The van der Waals surface area contributed by atoms with Crippen LogP contribution in [-0.4, -0.2) is 57.3 Å². The number of sulfonamides is 1. The van der Waals surface area contributed by atoms with Crippen LogP contribution < -0.4 is 10.0 Å². The minimum absolute atomic E-state index is 0.198. The molecule has 1 saturated carbocycles. The van der Waals surface area contributed by atoms with Crippen molar-refractivity contribution >= 4 is 10.0 Å². The summed E-state index contributed by atoms with van der Waals surface area (Å²) in [5.74, 6) is 0.198. The quantitative estimate of drug-likeness (QED) is 0.622. The van der Waals surface area contributed by atoms with E-state index in [-0.39, 0.29) is 5.75 Å². The number of piperidine rings is 1. The molecule has 2 aliphatic rings. The van der Waals surface area contributed by atoms with Crippen LogP contribution in [0.25, 0.3) is 0 Å². The maximum Gasteiger partial charge on any atom is 0.212 e. The van der Waals surface area contributed by atoms with E-state index in [2.05, 4.69) is 21.9 Å². The molecule has 6 heteroatoms. The number of nitrogens with one attached hydrogen (secondary N) is 2. The smallest absolute Gasteiger partial charge is 0.212 e. The van der Waals surface area contributed by atoms with Gasteiger partial charge in [0, 0.05) is 25.2 Å². The molecule has 1 atom stereocenters. The van der Waals surface area contributed by atoms with E-state index < -0.39 is 10.0 Å². The molecule has 1 aliphatic heterocycles. The molecule has 1 saturated heterocycles. The normalized spacial score (nSPS) is 24.9. The van der Waals surface area contributed by atoms with Crippen LogP contribution in [0, 0.1) is 0 Å². The number of likely N-dealkylation sites (tertiary alicyclic amines) is 1. The Hall–Kier alpha value is -0.170. The number of nitrogens with zero attached hydrogens (tertiary/aromatic N) is 1. The molecule has 0 aromatic carbocycles. The molecule has 2 fully saturated rings. The van der Waals surface area contributed by atoms with Gasteiger partial charge >= 0.3 is 0 Å². The van der Waals surface area contributed by atoms with Gasteiger partial charge in [-0.25, -0.2) is 13.1 Å². The Balaban J connectivity index is 1.54. The van der Waals surface area contributed by atoms with Crippen LogP contribution >= 0.6 is 0 Å². The van der Waals surface area contributed by atoms with E-state index in [0.717, 1.165) is 13.0 Å². The maximum atomic E-state index is 11.8. The van der Waals surface area contributed by atoms with E-state index in [4.69, 9.17) is 0 Å². The highest BCUT2D eigenvalue weighted by Gasteiger charge is 2.21. The second-order valence-corrected chi connectivity index (χ2v) is 8.10. The predicted molar refractivity (Wildman–Crippen MR) is 82.3 cm³/mol. The lowest BCUT2D eigenvalue weighted by atomic mass is 10.0. The molecule has 0 radical (unpaired) electrons. The van der Waals surface area contributed by atoms with Crippen molar-refractivity contribution in [1.82, 2.24) is 14.9 Å².